The van der Waals surface area contributed by atoms with Crippen molar-refractivity contribution in [1.29, 1.82) is 0 Å². The van der Waals surface area contributed by atoms with Gasteiger partial charge in [0.05, 0.1) is 17.2 Å². The van der Waals surface area contributed by atoms with Gasteiger partial charge < -0.3 is 21.3 Å². The van der Waals surface area contributed by atoms with Crippen LogP contribution in [-0.2, 0) is 0 Å². The lowest BCUT2D eigenvalue weighted by Crippen LogP contribution is -2.33. The Morgan fingerprint density at radius 1 is 1.09 bits per heavy atom. The third-order valence-electron chi connectivity index (χ3n) is 5.71. The van der Waals surface area contributed by atoms with E-state index in [9.17, 15) is 15.0 Å². The molecule has 0 unspecified atom stereocenters. The van der Waals surface area contributed by atoms with Crippen molar-refractivity contribution >= 4 is 40.1 Å². The van der Waals surface area contributed by atoms with Crippen LogP contribution in [0.4, 0.5) is 5.82 Å². The van der Waals surface area contributed by atoms with E-state index in [1.165, 1.54) is 23.0 Å². The van der Waals surface area contributed by atoms with E-state index in [1.54, 1.807) is 6.07 Å². The smallest absolute Gasteiger partial charge is 0.257 e. The van der Waals surface area contributed by atoms with Gasteiger partial charge >= 0.3 is 0 Å². The second-order valence-corrected chi connectivity index (χ2v) is 7.90. The number of phenolic OH excluding ortho intramolecular Hbond substituents is 2. The number of anilines is 1. The zero-order valence-electron chi connectivity index (χ0n) is 17.2. The van der Waals surface area contributed by atoms with Crippen molar-refractivity contribution in [1.82, 2.24) is 20.0 Å². The van der Waals surface area contributed by atoms with Gasteiger partial charge in [-0.25, -0.2) is 9.97 Å². The number of nitrogens with one attached hydrogen (secondary N) is 1. The third-order valence-corrected chi connectivity index (χ3v) is 5.71. The lowest BCUT2D eigenvalue weighted by atomic mass is 10.2. The normalized spacial score (nSPS) is 14.6. The zero-order valence-corrected chi connectivity index (χ0v) is 17.2. The van der Waals surface area contributed by atoms with Gasteiger partial charge in [-0.2, -0.15) is 9.78 Å². The number of aromatic nitrogens is 3. The van der Waals surface area contributed by atoms with Crippen molar-refractivity contribution in [2.24, 2.45) is 5.10 Å². The number of aromatic hydroxyl groups is 2. The number of nitrogens with two attached hydrogens (primary N) is 1. The molecule has 0 bridgehead atoms. The maximum absolute atomic E-state index is 13.2. The average Bonchev–Trinajstić information content (AvgIpc) is 3.38. The fraction of sp³-hybridized carbons (Fsp3) is 0.217. The molecule has 0 radical (unpaired) electrons. The molecule has 9 nitrogen and oxygen atoms in total. The van der Waals surface area contributed by atoms with E-state index < -0.39 is 0 Å². The van der Waals surface area contributed by atoms with E-state index in [4.69, 9.17) is 5.73 Å². The highest BCUT2D eigenvalue weighted by Gasteiger charge is 2.26. The lowest BCUT2D eigenvalue weighted by molar-refractivity contribution is 0.0940. The van der Waals surface area contributed by atoms with Gasteiger partial charge in [0.15, 0.2) is 17.1 Å². The summed E-state index contributed by atoms with van der Waals surface area (Å²) in [6.07, 6.45) is 5.54. The number of nitrogen functional groups attached to an aromatic ring is 1. The van der Waals surface area contributed by atoms with Crippen LogP contribution >= 0.6 is 0 Å². The first-order valence-electron chi connectivity index (χ1n) is 10.4. The number of rotatable bonds is 4. The van der Waals surface area contributed by atoms with Gasteiger partial charge in [-0.3, -0.25) is 4.79 Å². The van der Waals surface area contributed by atoms with Gasteiger partial charge in [0.1, 0.15) is 16.9 Å². The summed E-state index contributed by atoms with van der Waals surface area (Å²) in [6.45, 7) is 0. The van der Waals surface area contributed by atoms with Gasteiger partial charge in [0.25, 0.3) is 5.91 Å². The highest BCUT2D eigenvalue weighted by atomic mass is 16.3. The Balaban J connectivity index is 1.64. The largest absolute Gasteiger partial charge is 0.504 e. The molecule has 0 spiro atoms. The molecule has 0 atom stereocenters. The fourth-order valence-electron chi connectivity index (χ4n) is 4.06. The topological polar surface area (TPSA) is 139 Å². The van der Waals surface area contributed by atoms with E-state index in [0.717, 1.165) is 25.7 Å². The van der Waals surface area contributed by atoms with Crippen LogP contribution in [-0.4, -0.2) is 43.0 Å². The molecule has 2 heterocycles. The number of para-hydroxylation sites is 2. The van der Waals surface area contributed by atoms with Crippen LogP contribution in [0.1, 0.15) is 41.6 Å². The molecule has 5 N–H and O–H groups in total. The molecular formula is C23H22N6O3. The number of hydrogen-bond donors (Lipinski definition) is 4. The van der Waals surface area contributed by atoms with Crippen LogP contribution in [0.5, 0.6) is 11.5 Å². The molecule has 1 aliphatic rings. The Morgan fingerprint density at radius 2 is 1.81 bits per heavy atom. The summed E-state index contributed by atoms with van der Waals surface area (Å²) in [5, 5.41) is 26.7. The first-order valence-corrected chi connectivity index (χ1v) is 10.4. The van der Waals surface area contributed by atoms with E-state index >= 15 is 0 Å². The van der Waals surface area contributed by atoms with Crippen LogP contribution in [0, 0.1) is 0 Å². The standard InChI is InChI=1S/C23H22N6O3/c24-21-19(23(32)26-14-5-1-2-6-14)20-22(28-16-8-4-3-7-15(16)27-20)29(21)25-12-13-9-10-17(30)18(31)11-13/h3-4,7-12,14,30-31H,1-2,5-6,24H2,(H,26,32)/b25-12+. The van der Waals surface area contributed by atoms with Crippen molar-refractivity contribution in [2.45, 2.75) is 31.7 Å². The SMILES string of the molecule is Nc1c(C(=O)NC2CCCC2)c2nc3ccccc3nc2n1/N=C/c1ccc(O)c(O)c1. The van der Waals surface area contributed by atoms with Gasteiger partial charge in [0, 0.05) is 6.04 Å². The third kappa shape index (κ3) is 3.47. The van der Waals surface area contributed by atoms with Gasteiger partial charge in [-0.1, -0.05) is 25.0 Å². The summed E-state index contributed by atoms with van der Waals surface area (Å²) >= 11 is 0. The van der Waals surface area contributed by atoms with Crippen LogP contribution in [0.2, 0.25) is 0 Å². The van der Waals surface area contributed by atoms with E-state index in [-0.39, 0.29) is 34.8 Å². The van der Waals surface area contributed by atoms with E-state index in [1.807, 2.05) is 24.3 Å². The van der Waals surface area contributed by atoms with Crippen LogP contribution in [0.3, 0.4) is 0 Å². The van der Waals surface area contributed by atoms with Crippen molar-refractivity contribution < 1.29 is 15.0 Å². The number of carbonyl (C=O) groups is 1. The number of carbonyl (C=O) groups excluding carboxylic acids is 1. The maximum atomic E-state index is 13.2. The molecule has 32 heavy (non-hydrogen) atoms. The summed E-state index contributed by atoms with van der Waals surface area (Å²) in [5.41, 5.74) is 9.21. The van der Waals surface area contributed by atoms with Gasteiger partial charge in [-0.15, -0.1) is 0 Å². The first-order chi connectivity index (χ1) is 15.5. The number of hydrogen-bond acceptors (Lipinski definition) is 7. The predicted molar refractivity (Wildman–Crippen MR) is 122 cm³/mol. The summed E-state index contributed by atoms with van der Waals surface area (Å²) < 4.78 is 1.38. The molecule has 0 aliphatic heterocycles. The molecule has 4 aromatic rings. The van der Waals surface area contributed by atoms with Crippen molar-refractivity contribution in [3.8, 4) is 11.5 Å². The molecule has 1 fully saturated rings. The molecule has 162 valence electrons. The number of fused-ring (bicyclic) bond motifs is 2. The molecule has 9 heteroatoms. The predicted octanol–water partition coefficient (Wildman–Crippen LogP) is 3.13. The Hall–Kier alpha value is -4.14. The van der Waals surface area contributed by atoms with Crippen LogP contribution < -0.4 is 11.1 Å². The van der Waals surface area contributed by atoms with Gasteiger partial charge in [-0.05, 0) is 48.7 Å². The molecule has 1 saturated carbocycles. The lowest BCUT2D eigenvalue weighted by Gasteiger charge is -2.11. The van der Waals surface area contributed by atoms with Crippen LogP contribution in [0.15, 0.2) is 47.6 Å². The molecule has 2 aromatic carbocycles. The highest BCUT2D eigenvalue weighted by Crippen LogP contribution is 2.29. The number of nitrogens with zero attached hydrogens (tertiary/aromatic N) is 4. The second-order valence-electron chi connectivity index (χ2n) is 7.90. The van der Waals surface area contributed by atoms with Crippen LogP contribution in [0.25, 0.3) is 22.2 Å². The molecule has 1 amide bonds. The number of benzene rings is 2. The summed E-state index contributed by atoms with van der Waals surface area (Å²) in [5.74, 6) is -0.650. The molecule has 5 rings (SSSR count). The molecule has 1 aliphatic carbocycles. The minimum Gasteiger partial charge on any atom is -0.504 e. The summed E-state index contributed by atoms with van der Waals surface area (Å²) in [4.78, 5) is 22.5. The Morgan fingerprint density at radius 3 is 2.53 bits per heavy atom. The van der Waals surface area contributed by atoms with E-state index in [2.05, 4.69) is 20.4 Å². The number of phenols is 2. The maximum Gasteiger partial charge on any atom is 0.257 e. The Kier molecular flexibility index (Phi) is 4.85. The average molecular weight is 430 g/mol. The minimum atomic E-state index is -0.291. The fourth-order valence-corrected chi connectivity index (χ4v) is 4.06. The monoisotopic (exact) mass is 430 g/mol. The minimum absolute atomic E-state index is 0.122. The van der Waals surface area contributed by atoms with E-state index in [0.29, 0.717) is 27.8 Å². The summed E-state index contributed by atoms with van der Waals surface area (Å²) in [7, 11) is 0. The van der Waals surface area contributed by atoms with Gasteiger partial charge in [0.2, 0.25) is 0 Å². The Labute approximate surface area is 183 Å². The molecule has 2 aromatic heterocycles. The van der Waals surface area contributed by atoms with Crippen molar-refractivity contribution in [3.63, 3.8) is 0 Å². The first kappa shape index (κ1) is 19.8. The highest BCUT2D eigenvalue weighted by molar-refractivity contribution is 6.10. The quantitative estimate of drug-likeness (QED) is 0.290. The zero-order chi connectivity index (χ0) is 22.2. The van der Waals surface area contributed by atoms with Crippen molar-refractivity contribution in [2.75, 3.05) is 5.73 Å². The summed E-state index contributed by atoms with van der Waals surface area (Å²) in [6, 6.07) is 11.8. The second kappa shape index (κ2) is 7.84. The number of amides is 1. The molecule has 0 saturated heterocycles. The van der Waals surface area contributed by atoms with Crippen molar-refractivity contribution in [3.05, 3.63) is 53.6 Å². The Bertz CT molecular complexity index is 1370. The molecular weight excluding hydrogens is 408 g/mol.